The molecule has 2 aliphatic rings. The van der Waals surface area contributed by atoms with E-state index in [4.69, 9.17) is 0 Å². The zero-order chi connectivity index (χ0) is 10.4. The molecule has 1 N–H and O–H groups in total. The van der Waals surface area contributed by atoms with E-state index in [1.807, 2.05) is 0 Å². The Balaban J connectivity index is 2.05. The van der Waals surface area contributed by atoms with Crippen molar-refractivity contribution in [2.45, 2.75) is 31.2 Å². The molecule has 0 amide bonds. The van der Waals surface area contributed by atoms with Crippen molar-refractivity contribution in [3.63, 3.8) is 0 Å². The molecule has 2 atom stereocenters. The Hall–Kier alpha value is -1.38. The highest BCUT2D eigenvalue weighted by molar-refractivity contribution is 5.91. The number of ketones is 1. The van der Waals surface area contributed by atoms with Gasteiger partial charge < -0.3 is 5.32 Å². The van der Waals surface area contributed by atoms with Crippen LogP contribution in [0.4, 0.5) is 10.1 Å². The maximum atomic E-state index is 13.1. The minimum absolute atomic E-state index is 0.101. The molecule has 1 heterocycles. The number of fused-ring (bicyclic) bond motifs is 3. The zero-order valence-corrected chi connectivity index (χ0v) is 8.29. The number of hydrogen-bond donors (Lipinski definition) is 1. The normalized spacial score (nSPS) is 28.2. The van der Waals surface area contributed by atoms with Crippen molar-refractivity contribution in [3.8, 4) is 0 Å². The van der Waals surface area contributed by atoms with Gasteiger partial charge in [0.05, 0.1) is 6.04 Å². The summed E-state index contributed by atoms with van der Waals surface area (Å²) in [5.41, 5.74) is 1.91. The molecule has 0 spiro atoms. The van der Waals surface area contributed by atoms with Crippen molar-refractivity contribution in [1.82, 2.24) is 0 Å². The van der Waals surface area contributed by atoms with Crippen LogP contribution < -0.4 is 5.32 Å². The molecule has 0 bridgehead atoms. The topological polar surface area (TPSA) is 29.1 Å². The largest absolute Gasteiger partial charge is 0.375 e. The fraction of sp³-hybridized carbons (Fsp3) is 0.417. The van der Waals surface area contributed by atoms with E-state index < -0.39 is 0 Å². The number of nitrogens with one attached hydrogen (secondary N) is 1. The van der Waals surface area contributed by atoms with Gasteiger partial charge in [-0.3, -0.25) is 4.79 Å². The molecular formula is C12H12FNO. The maximum Gasteiger partial charge on any atom is 0.155 e. The fourth-order valence-corrected chi connectivity index (χ4v) is 2.70. The first-order chi connectivity index (χ1) is 7.25. The van der Waals surface area contributed by atoms with Gasteiger partial charge in [-0.1, -0.05) is 0 Å². The molecule has 3 rings (SSSR count). The lowest BCUT2D eigenvalue weighted by atomic mass is 9.82. The number of Topliss-reactive ketones (excluding diaryl/α,β-unsaturated/α-hetero) is 1. The van der Waals surface area contributed by atoms with Crippen LogP contribution in [0.5, 0.6) is 0 Å². The van der Waals surface area contributed by atoms with E-state index in [0.29, 0.717) is 6.42 Å². The molecular weight excluding hydrogens is 193 g/mol. The fourth-order valence-electron chi connectivity index (χ4n) is 2.70. The lowest BCUT2D eigenvalue weighted by Gasteiger charge is -2.23. The number of hydrogen-bond acceptors (Lipinski definition) is 2. The Labute approximate surface area is 87.5 Å². The van der Waals surface area contributed by atoms with Gasteiger partial charge in [0.25, 0.3) is 0 Å². The molecule has 2 nitrogen and oxygen atoms in total. The number of benzene rings is 1. The van der Waals surface area contributed by atoms with Crippen molar-refractivity contribution in [3.05, 3.63) is 29.6 Å². The molecule has 1 aromatic rings. The van der Waals surface area contributed by atoms with E-state index in [-0.39, 0.29) is 23.6 Å². The Kier molecular flexibility index (Phi) is 1.81. The van der Waals surface area contributed by atoms with Crippen LogP contribution in [0.1, 0.15) is 30.7 Å². The lowest BCUT2D eigenvalue weighted by Crippen LogP contribution is -2.33. The number of halogens is 1. The summed E-state index contributed by atoms with van der Waals surface area (Å²) in [4.78, 5) is 11.7. The van der Waals surface area contributed by atoms with Gasteiger partial charge in [0, 0.05) is 18.0 Å². The number of carbonyl (C=O) groups is 1. The van der Waals surface area contributed by atoms with Gasteiger partial charge in [-0.15, -0.1) is 0 Å². The molecule has 1 saturated carbocycles. The van der Waals surface area contributed by atoms with Crippen LogP contribution >= 0.6 is 0 Å². The second-order valence-corrected chi connectivity index (χ2v) is 4.32. The average molecular weight is 205 g/mol. The molecule has 1 aliphatic heterocycles. The Morgan fingerprint density at radius 2 is 2.27 bits per heavy atom. The Morgan fingerprint density at radius 3 is 3.13 bits per heavy atom. The van der Waals surface area contributed by atoms with E-state index in [9.17, 15) is 9.18 Å². The molecule has 0 radical (unpaired) electrons. The smallest absolute Gasteiger partial charge is 0.155 e. The second-order valence-electron chi connectivity index (χ2n) is 4.32. The monoisotopic (exact) mass is 205 g/mol. The molecule has 0 aromatic heterocycles. The summed E-state index contributed by atoms with van der Waals surface area (Å²) in [7, 11) is 0. The summed E-state index contributed by atoms with van der Waals surface area (Å²) in [6.07, 6.45) is 2.57. The minimum Gasteiger partial charge on any atom is -0.375 e. The molecule has 15 heavy (non-hydrogen) atoms. The number of rotatable bonds is 0. The van der Waals surface area contributed by atoms with Gasteiger partial charge in [-0.05, 0) is 36.6 Å². The highest BCUT2D eigenvalue weighted by atomic mass is 19.1. The molecule has 2 unspecified atom stereocenters. The van der Waals surface area contributed by atoms with Gasteiger partial charge in [0.2, 0.25) is 0 Å². The Morgan fingerprint density at radius 1 is 1.40 bits per heavy atom. The first-order valence-corrected chi connectivity index (χ1v) is 5.34. The third-order valence-corrected chi connectivity index (χ3v) is 3.41. The molecule has 78 valence electrons. The van der Waals surface area contributed by atoms with Gasteiger partial charge in [-0.25, -0.2) is 4.39 Å². The minimum atomic E-state index is -0.214. The molecule has 1 fully saturated rings. The van der Waals surface area contributed by atoms with Crippen LogP contribution in [0.3, 0.4) is 0 Å². The number of carbonyl (C=O) groups excluding carboxylic acids is 1. The van der Waals surface area contributed by atoms with E-state index >= 15 is 0 Å². The van der Waals surface area contributed by atoms with Gasteiger partial charge in [0.1, 0.15) is 5.82 Å². The predicted octanol–water partition coefficient (Wildman–Crippen LogP) is 2.46. The number of anilines is 1. The van der Waals surface area contributed by atoms with Crippen LogP contribution in [-0.2, 0) is 4.79 Å². The standard InChI is InChI=1S/C12H12FNO/c13-7-4-5-10-9(6-7)8-2-1-3-11(15)12(8)14-10/h4-6,8,12,14H,1-3H2. The summed E-state index contributed by atoms with van der Waals surface area (Å²) in [5.74, 6) is 0.244. The van der Waals surface area contributed by atoms with Crippen LogP contribution in [0.2, 0.25) is 0 Å². The predicted molar refractivity (Wildman–Crippen MR) is 55.4 cm³/mol. The maximum absolute atomic E-state index is 13.1. The third kappa shape index (κ3) is 1.26. The van der Waals surface area contributed by atoms with Crippen molar-refractivity contribution < 1.29 is 9.18 Å². The Bertz CT molecular complexity index is 430. The van der Waals surface area contributed by atoms with Crippen LogP contribution in [0, 0.1) is 5.82 Å². The lowest BCUT2D eigenvalue weighted by molar-refractivity contribution is -0.121. The summed E-state index contributed by atoms with van der Waals surface area (Å²) < 4.78 is 13.1. The molecule has 1 aliphatic carbocycles. The van der Waals surface area contributed by atoms with Crippen molar-refractivity contribution in [2.75, 3.05) is 5.32 Å². The van der Waals surface area contributed by atoms with Gasteiger partial charge in [-0.2, -0.15) is 0 Å². The van der Waals surface area contributed by atoms with E-state index in [1.165, 1.54) is 6.07 Å². The highest BCUT2D eigenvalue weighted by Gasteiger charge is 2.38. The van der Waals surface area contributed by atoms with Crippen LogP contribution in [0.15, 0.2) is 18.2 Å². The molecule has 1 aromatic carbocycles. The SMILES string of the molecule is O=C1CCCC2c3cc(F)ccc3NC12. The van der Waals surface area contributed by atoms with Gasteiger partial charge >= 0.3 is 0 Å². The summed E-state index contributed by atoms with van der Waals surface area (Å²) in [6.45, 7) is 0. The van der Waals surface area contributed by atoms with Crippen molar-refractivity contribution in [1.29, 1.82) is 0 Å². The summed E-state index contributed by atoms with van der Waals surface area (Å²) in [5, 5.41) is 3.20. The average Bonchev–Trinajstić information content (AvgIpc) is 2.58. The second kappa shape index (κ2) is 3.05. The van der Waals surface area contributed by atoms with E-state index in [1.54, 1.807) is 12.1 Å². The van der Waals surface area contributed by atoms with Crippen LogP contribution in [0.25, 0.3) is 0 Å². The molecule has 3 heteroatoms. The zero-order valence-electron chi connectivity index (χ0n) is 8.29. The highest BCUT2D eigenvalue weighted by Crippen LogP contribution is 2.42. The van der Waals surface area contributed by atoms with Crippen molar-refractivity contribution >= 4 is 11.5 Å². The van der Waals surface area contributed by atoms with Crippen molar-refractivity contribution in [2.24, 2.45) is 0 Å². The first kappa shape index (κ1) is 8.89. The summed E-state index contributed by atoms with van der Waals surface area (Å²) in [6, 6.07) is 4.63. The van der Waals surface area contributed by atoms with Gasteiger partial charge in [0.15, 0.2) is 5.78 Å². The molecule has 0 saturated heterocycles. The third-order valence-electron chi connectivity index (χ3n) is 3.41. The van der Waals surface area contributed by atoms with E-state index in [0.717, 1.165) is 24.1 Å². The first-order valence-electron chi connectivity index (χ1n) is 5.34. The summed E-state index contributed by atoms with van der Waals surface area (Å²) >= 11 is 0. The van der Waals surface area contributed by atoms with E-state index in [2.05, 4.69) is 5.32 Å². The van der Waals surface area contributed by atoms with Crippen LogP contribution in [-0.4, -0.2) is 11.8 Å². The quantitative estimate of drug-likeness (QED) is 0.704.